The number of aromatic nitrogens is 1. The van der Waals surface area contributed by atoms with Crippen LogP contribution in [0.1, 0.15) is 16.1 Å². The van der Waals surface area contributed by atoms with E-state index in [1.54, 1.807) is 29.4 Å². The van der Waals surface area contributed by atoms with Gasteiger partial charge in [-0.3, -0.25) is 14.9 Å². The van der Waals surface area contributed by atoms with E-state index in [0.29, 0.717) is 5.56 Å². The van der Waals surface area contributed by atoms with Gasteiger partial charge in [-0.25, -0.2) is 5.48 Å². The number of carbonyl (C=O) groups excluding carboxylic acids is 1. The largest absolute Gasteiger partial charge is 0.330 e. The molecule has 1 amide bonds. The Kier molecular flexibility index (Phi) is 4.67. The van der Waals surface area contributed by atoms with E-state index < -0.39 is 5.91 Å². The predicted octanol–water partition coefficient (Wildman–Crippen LogP) is 4.01. The quantitative estimate of drug-likeness (QED) is 0.526. The normalized spacial score (nSPS) is 14.4. The molecule has 26 heavy (non-hydrogen) atoms. The lowest BCUT2D eigenvalue weighted by Gasteiger charge is -2.26. The lowest BCUT2D eigenvalue weighted by molar-refractivity contribution is 0.0706. The molecule has 0 unspecified atom stereocenters. The summed E-state index contributed by atoms with van der Waals surface area (Å²) in [5.74, 6) is -0.511. The van der Waals surface area contributed by atoms with E-state index in [4.69, 9.17) is 16.8 Å². The van der Waals surface area contributed by atoms with Crippen molar-refractivity contribution in [2.24, 2.45) is 0 Å². The number of benzene rings is 2. The van der Waals surface area contributed by atoms with E-state index >= 15 is 0 Å². The molecule has 0 aliphatic carbocycles. The second-order valence-electron chi connectivity index (χ2n) is 6.40. The van der Waals surface area contributed by atoms with Gasteiger partial charge in [0.2, 0.25) is 0 Å². The molecule has 7 heteroatoms. The third-order valence-electron chi connectivity index (χ3n) is 4.63. The smallest absolute Gasteiger partial charge is 0.274 e. The minimum atomic E-state index is -0.511. The van der Waals surface area contributed by atoms with E-state index in [1.807, 2.05) is 24.3 Å². The summed E-state index contributed by atoms with van der Waals surface area (Å²) in [7, 11) is 2.13. The summed E-state index contributed by atoms with van der Waals surface area (Å²) in [4.78, 5) is 16.0. The average Bonchev–Trinajstić information content (AvgIpc) is 2.94. The van der Waals surface area contributed by atoms with Crippen molar-refractivity contribution < 1.29 is 10.0 Å². The SMILES string of the molecule is CN1CCc2c(Sc3ccc(C(=O)NO)cc3)c3cc(Cl)ccc3n2C1. The van der Waals surface area contributed by atoms with E-state index in [0.717, 1.165) is 34.9 Å². The number of nitrogens with one attached hydrogen (secondary N) is 1. The molecular formula is C19H18ClN3O2S. The molecule has 0 radical (unpaired) electrons. The summed E-state index contributed by atoms with van der Waals surface area (Å²) < 4.78 is 2.35. The predicted molar refractivity (Wildman–Crippen MR) is 103 cm³/mol. The first-order valence-electron chi connectivity index (χ1n) is 8.28. The zero-order valence-electron chi connectivity index (χ0n) is 14.2. The summed E-state index contributed by atoms with van der Waals surface area (Å²) in [6.07, 6.45) is 0.982. The Labute approximate surface area is 160 Å². The molecule has 0 atom stereocenters. The molecule has 2 N–H and O–H groups in total. The zero-order valence-corrected chi connectivity index (χ0v) is 15.8. The first-order chi connectivity index (χ1) is 12.6. The van der Waals surface area contributed by atoms with Gasteiger partial charge >= 0.3 is 0 Å². The van der Waals surface area contributed by atoms with Crippen molar-refractivity contribution in [3.63, 3.8) is 0 Å². The number of nitrogens with zero attached hydrogens (tertiary/aromatic N) is 2. The molecule has 0 bridgehead atoms. The van der Waals surface area contributed by atoms with E-state index in [1.165, 1.54) is 16.1 Å². The van der Waals surface area contributed by atoms with Gasteiger partial charge in [0.1, 0.15) is 0 Å². The van der Waals surface area contributed by atoms with E-state index in [2.05, 4.69) is 22.6 Å². The number of likely N-dealkylation sites (N-methyl/N-ethyl adjacent to an activating group) is 1. The van der Waals surface area contributed by atoms with Crippen LogP contribution in [-0.4, -0.2) is 34.2 Å². The van der Waals surface area contributed by atoms with Gasteiger partial charge < -0.3 is 4.57 Å². The summed E-state index contributed by atoms with van der Waals surface area (Å²) in [6, 6.07) is 13.2. The number of hydrogen-bond donors (Lipinski definition) is 2. The van der Waals surface area contributed by atoms with Crippen LogP contribution in [0, 0.1) is 0 Å². The molecule has 2 aromatic carbocycles. The van der Waals surface area contributed by atoms with Crippen molar-refractivity contribution in [3.05, 3.63) is 58.7 Å². The fourth-order valence-electron chi connectivity index (χ4n) is 3.34. The third kappa shape index (κ3) is 3.10. The Hall–Kier alpha value is -1.99. The monoisotopic (exact) mass is 387 g/mol. The number of carbonyl (C=O) groups is 1. The number of hydrogen-bond acceptors (Lipinski definition) is 4. The Bertz CT molecular complexity index is 985. The highest BCUT2D eigenvalue weighted by atomic mass is 35.5. The minimum absolute atomic E-state index is 0.422. The summed E-state index contributed by atoms with van der Waals surface area (Å²) >= 11 is 7.94. The highest BCUT2D eigenvalue weighted by molar-refractivity contribution is 7.99. The van der Waals surface area contributed by atoms with Crippen molar-refractivity contribution in [3.8, 4) is 0 Å². The number of amides is 1. The van der Waals surface area contributed by atoms with Gasteiger partial charge in [0.05, 0.1) is 12.2 Å². The van der Waals surface area contributed by atoms with Gasteiger partial charge in [0.15, 0.2) is 0 Å². The van der Waals surface area contributed by atoms with Crippen molar-refractivity contribution >= 4 is 40.2 Å². The minimum Gasteiger partial charge on any atom is -0.330 e. The zero-order chi connectivity index (χ0) is 18.3. The first-order valence-corrected chi connectivity index (χ1v) is 9.48. The molecule has 0 fully saturated rings. The van der Waals surface area contributed by atoms with Crippen molar-refractivity contribution in [1.29, 1.82) is 0 Å². The second kappa shape index (κ2) is 6.96. The fourth-order valence-corrected chi connectivity index (χ4v) is 4.62. The highest BCUT2D eigenvalue weighted by Crippen LogP contribution is 2.41. The average molecular weight is 388 g/mol. The number of fused-ring (bicyclic) bond motifs is 3. The number of halogens is 1. The van der Waals surface area contributed by atoms with Crippen LogP contribution in [0.4, 0.5) is 0 Å². The maximum Gasteiger partial charge on any atom is 0.274 e. The maximum atomic E-state index is 11.5. The number of hydroxylamine groups is 1. The van der Waals surface area contributed by atoms with Crippen molar-refractivity contribution in [2.75, 3.05) is 13.6 Å². The Morgan fingerprint density at radius 2 is 2.00 bits per heavy atom. The van der Waals surface area contributed by atoms with Gasteiger partial charge in [-0.05, 0) is 49.5 Å². The van der Waals surface area contributed by atoms with Gasteiger partial charge in [0, 0.05) is 44.4 Å². The summed E-state index contributed by atoms with van der Waals surface area (Å²) in [5.41, 5.74) is 4.59. The molecule has 0 spiro atoms. The molecule has 1 aliphatic rings. The second-order valence-corrected chi connectivity index (χ2v) is 7.92. The lowest BCUT2D eigenvalue weighted by Crippen LogP contribution is -2.30. The molecular weight excluding hydrogens is 370 g/mol. The van der Waals surface area contributed by atoms with Crippen LogP contribution in [0.3, 0.4) is 0 Å². The van der Waals surface area contributed by atoms with Crippen LogP contribution < -0.4 is 5.48 Å². The topological polar surface area (TPSA) is 57.5 Å². The van der Waals surface area contributed by atoms with Gasteiger partial charge in [-0.1, -0.05) is 23.4 Å². The molecule has 134 valence electrons. The van der Waals surface area contributed by atoms with E-state index in [-0.39, 0.29) is 0 Å². The van der Waals surface area contributed by atoms with Crippen molar-refractivity contribution in [2.45, 2.75) is 22.9 Å². The van der Waals surface area contributed by atoms with E-state index in [9.17, 15) is 4.79 Å². The summed E-state index contributed by atoms with van der Waals surface area (Å²) in [6.45, 7) is 1.89. The summed E-state index contributed by atoms with van der Waals surface area (Å²) in [5, 5.41) is 10.6. The highest BCUT2D eigenvalue weighted by Gasteiger charge is 2.22. The van der Waals surface area contributed by atoms with Crippen LogP contribution in [-0.2, 0) is 13.1 Å². The first kappa shape index (κ1) is 17.4. The molecule has 0 saturated carbocycles. The van der Waals surface area contributed by atoms with Crippen molar-refractivity contribution in [1.82, 2.24) is 14.9 Å². The van der Waals surface area contributed by atoms with Crippen LogP contribution >= 0.6 is 23.4 Å². The Balaban J connectivity index is 1.76. The molecule has 2 heterocycles. The Morgan fingerprint density at radius 1 is 1.23 bits per heavy atom. The molecule has 4 rings (SSSR count). The molecule has 5 nitrogen and oxygen atoms in total. The molecule has 0 saturated heterocycles. The standard InChI is InChI=1S/C19H18ClN3O2S/c1-22-9-8-17-18(15-10-13(20)4-7-16(15)23(17)11-22)26-14-5-2-12(3-6-14)19(24)21-25/h2-7,10,25H,8-9,11H2,1H3,(H,21,24). The van der Waals surface area contributed by atoms with Gasteiger partial charge in [0.25, 0.3) is 5.91 Å². The number of rotatable bonds is 3. The fraction of sp³-hybridized carbons (Fsp3) is 0.211. The third-order valence-corrected chi connectivity index (χ3v) is 6.04. The van der Waals surface area contributed by atoms with Gasteiger partial charge in [-0.2, -0.15) is 0 Å². The lowest BCUT2D eigenvalue weighted by atomic mass is 10.2. The van der Waals surface area contributed by atoms with Crippen LogP contribution in [0.2, 0.25) is 5.02 Å². The van der Waals surface area contributed by atoms with Crippen LogP contribution in [0.5, 0.6) is 0 Å². The molecule has 3 aromatic rings. The van der Waals surface area contributed by atoms with Gasteiger partial charge in [-0.15, -0.1) is 0 Å². The Morgan fingerprint density at radius 3 is 2.73 bits per heavy atom. The molecule has 1 aliphatic heterocycles. The molecule has 1 aromatic heterocycles. The van der Waals surface area contributed by atoms with Crippen LogP contribution in [0.15, 0.2) is 52.3 Å². The van der Waals surface area contributed by atoms with Crippen LogP contribution in [0.25, 0.3) is 10.9 Å². The maximum absolute atomic E-state index is 11.5.